The molecule has 0 saturated carbocycles. The number of anilines is 1. The number of nitrogens with one attached hydrogen (secondary N) is 1. The lowest BCUT2D eigenvalue weighted by atomic mass is 10.1. The van der Waals surface area contributed by atoms with Crippen LogP contribution in [-0.4, -0.2) is 4.98 Å². The summed E-state index contributed by atoms with van der Waals surface area (Å²) in [5.74, 6) is 0.558. The van der Waals surface area contributed by atoms with E-state index in [2.05, 4.69) is 10.3 Å². The van der Waals surface area contributed by atoms with Crippen LogP contribution in [0.15, 0.2) is 59.5 Å². The van der Waals surface area contributed by atoms with Gasteiger partial charge in [-0.05, 0) is 36.2 Å². The van der Waals surface area contributed by atoms with Gasteiger partial charge in [0.15, 0.2) is 12.2 Å². The van der Waals surface area contributed by atoms with E-state index in [0.717, 1.165) is 22.6 Å². The number of oxazole rings is 1. The van der Waals surface area contributed by atoms with E-state index in [1.165, 1.54) is 12.5 Å². The molecule has 3 aromatic rings. The molecule has 1 aromatic heterocycles. The zero-order valence-corrected chi connectivity index (χ0v) is 11.6. The fourth-order valence-corrected chi connectivity index (χ4v) is 2.16. The lowest BCUT2D eigenvalue weighted by Gasteiger charge is -2.08. The molecule has 0 radical (unpaired) electrons. The van der Waals surface area contributed by atoms with Crippen LogP contribution < -0.4 is 5.32 Å². The van der Waals surface area contributed by atoms with Crippen molar-refractivity contribution < 1.29 is 8.81 Å². The Hall–Kier alpha value is -2.62. The number of aromatic nitrogens is 1. The lowest BCUT2D eigenvalue weighted by Crippen LogP contribution is -2.00. The standard InChI is InChI=1S/C17H15FN2O/c1-12-7-13(5-6-16(12)18)9-20-15-4-2-3-14(8-15)17-10-19-11-21-17/h2-8,10-11,20H,9H2,1H3. The van der Waals surface area contributed by atoms with Crippen molar-refractivity contribution in [3.63, 3.8) is 0 Å². The van der Waals surface area contributed by atoms with E-state index >= 15 is 0 Å². The molecule has 0 aliphatic carbocycles. The van der Waals surface area contributed by atoms with E-state index in [4.69, 9.17) is 4.42 Å². The Balaban J connectivity index is 1.73. The molecular weight excluding hydrogens is 267 g/mol. The van der Waals surface area contributed by atoms with Crippen LogP contribution in [-0.2, 0) is 6.54 Å². The van der Waals surface area contributed by atoms with Crippen LogP contribution >= 0.6 is 0 Å². The molecule has 0 amide bonds. The summed E-state index contributed by atoms with van der Waals surface area (Å²) in [6.07, 6.45) is 3.10. The fraction of sp³-hybridized carbons (Fsp3) is 0.118. The van der Waals surface area contributed by atoms with Gasteiger partial charge in [-0.2, -0.15) is 0 Å². The fourth-order valence-electron chi connectivity index (χ4n) is 2.16. The minimum absolute atomic E-state index is 0.175. The van der Waals surface area contributed by atoms with E-state index < -0.39 is 0 Å². The highest BCUT2D eigenvalue weighted by molar-refractivity contribution is 5.63. The highest BCUT2D eigenvalue weighted by Gasteiger charge is 2.03. The molecule has 4 heteroatoms. The van der Waals surface area contributed by atoms with Gasteiger partial charge < -0.3 is 9.73 Å². The molecule has 1 heterocycles. The van der Waals surface area contributed by atoms with Gasteiger partial charge in [-0.25, -0.2) is 9.37 Å². The Bertz CT molecular complexity index is 738. The molecule has 0 aliphatic heterocycles. The first-order valence-electron chi connectivity index (χ1n) is 6.70. The first-order valence-corrected chi connectivity index (χ1v) is 6.70. The van der Waals surface area contributed by atoms with E-state index in [0.29, 0.717) is 12.1 Å². The predicted octanol–water partition coefficient (Wildman–Crippen LogP) is 4.40. The lowest BCUT2D eigenvalue weighted by molar-refractivity contribution is 0.572. The number of nitrogens with zero attached hydrogens (tertiary/aromatic N) is 1. The van der Waals surface area contributed by atoms with Gasteiger partial charge in [0.1, 0.15) is 5.82 Å². The maximum absolute atomic E-state index is 13.2. The maximum Gasteiger partial charge on any atom is 0.181 e. The molecule has 0 atom stereocenters. The van der Waals surface area contributed by atoms with Crippen LogP contribution in [0.3, 0.4) is 0 Å². The van der Waals surface area contributed by atoms with Crippen molar-refractivity contribution in [3.8, 4) is 11.3 Å². The van der Waals surface area contributed by atoms with E-state index in [1.54, 1.807) is 19.2 Å². The molecule has 2 aromatic carbocycles. The molecule has 0 spiro atoms. The minimum atomic E-state index is -0.175. The van der Waals surface area contributed by atoms with Gasteiger partial charge in [0.25, 0.3) is 0 Å². The number of aryl methyl sites for hydroxylation is 1. The molecule has 106 valence electrons. The average molecular weight is 282 g/mol. The van der Waals surface area contributed by atoms with Crippen molar-refractivity contribution in [2.45, 2.75) is 13.5 Å². The summed E-state index contributed by atoms with van der Waals surface area (Å²) in [7, 11) is 0. The molecule has 3 rings (SSSR count). The molecule has 21 heavy (non-hydrogen) atoms. The van der Waals surface area contributed by atoms with Crippen LogP contribution in [0.25, 0.3) is 11.3 Å². The van der Waals surface area contributed by atoms with Gasteiger partial charge in [0.05, 0.1) is 6.20 Å². The Morgan fingerprint density at radius 3 is 2.86 bits per heavy atom. The average Bonchev–Trinajstić information content (AvgIpc) is 3.03. The maximum atomic E-state index is 13.2. The van der Waals surface area contributed by atoms with Crippen LogP contribution in [0.5, 0.6) is 0 Å². The van der Waals surface area contributed by atoms with Crippen molar-refractivity contribution in [2.24, 2.45) is 0 Å². The van der Waals surface area contributed by atoms with Crippen molar-refractivity contribution in [3.05, 3.63) is 72.0 Å². The minimum Gasteiger partial charge on any atom is -0.444 e. The van der Waals surface area contributed by atoms with Gasteiger partial charge in [0.2, 0.25) is 0 Å². The van der Waals surface area contributed by atoms with Crippen LogP contribution in [0.2, 0.25) is 0 Å². The number of benzene rings is 2. The topological polar surface area (TPSA) is 38.1 Å². The third-order valence-corrected chi connectivity index (χ3v) is 3.30. The predicted molar refractivity (Wildman–Crippen MR) is 80.4 cm³/mol. The van der Waals surface area contributed by atoms with Crippen molar-refractivity contribution >= 4 is 5.69 Å². The SMILES string of the molecule is Cc1cc(CNc2cccc(-c3cnco3)c2)ccc1F. The smallest absolute Gasteiger partial charge is 0.181 e. The van der Waals surface area contributed by atoms with Gasteiger partial charge in [-0.3, -0.25) is 0 Å². The summed E-state index contributed by atoms with van der Waals surface area (Å²) in [4.78, 5) is 3.92. The molecule has 0 aliphatic rings. The zero-order valence-electron chi connectivity index (χ0n) is 11.6. The van der Waals surface area contributed by atoms with Gasteiger partial charge in [-0.15, -0.1) is 0 Å². The Labute approximate surface area is 122 Å². The zero-order chi connectivity index (χ0) is 14.7. The number of hydrogen-bond acceptors (Lipinski definition) is 3. The first kappa shape index (κ1) is 13.4. The van der Waals surface area contributed by atoms with Crippen LogP contribution in [0.1, 0.15) is 11.1 Å². The molecule has 0 unspecified atom stereocenters. The Morgan fingerprint density at radius 2 is 2.10 bits per heavy atom. The molecule has 0 fully saturated rings. The number of hydrogen-bond donors (Lipinski definition) is 1. The second kappa shape index (κ2) is 5.79. The normalized spacial score (nSPS) is 10.6. The molecule has 3 nitrogen and oxygen atoms in total. The van der Waals surface area contributed by atoms with E-state index in [-0.39, 0.29) is 5.82 Å². The summed E-state index contributed by atoms with van der Waals surface area (Å²) in [6, 6.07) is 13.0. The van der Waals surface area contributed by atoms with Gasteiger partial charge >= 0.3 is 0 Å². The summed E-state index contributed by atoms with van der Waals surface area (Å²) >= 11 is 0. The molecular formula is C17H15FN2O. The van der Waals surface area contributed by atoms with Gasteiger partial charge in [-0.1, -0.05) is 24.3 Å². The number of rotatable bonds is 4. The summed E-state index contributed by atoms with van der Waals surface area (Å²) in [6.45, 7) is 2.41. The third kappa shape index (κ3) is 3.11. The highest BCUT2D eigenvalue weighted by atomic mass is 19.1. The van der Waals surface area contributed by atoms with Crippen molar-refractivity contribution in [2.75, 3.05) is 5.32 Å². The molecule has 1 N–H and O–H groups in total. The highest BCUT2D eigenvalue weighted by Crippen LogP contribution is 2.22. The third-order valence-electron chi connectivity index (χ3n) is 3.30. The Kier molecular flexibility index (Phi) is 3.69. The van der Waals surface area contributed by atoms with Crippen molar-refractivity contribution in [1.82, 2.24) is 4.98 Å². The monoisotopic (exact) mass is 282 g/mol. The first-order chi connectivity index (χ1) is 10.2. The second-order valence-electron chi connectivity index (χ2n) is 4.88. The van der Waals surface area contributed by atoms with Crippen LogP contribution in [0, 0.1) is 12.7 Å². The second-order valence-corrected chi connectivity index (χ2v) is 4.88. The summed E-state index contributed by atoms with van der Waals surface area (Å²) in [5.41, 5.74) is 3.64. The Morgan fingerprint density at radius 1 is 1.19 bits per heavy atom. The largest absolute Gasteiger partial charge is 0.444 e. The van der Waals surface area contributed by atoms with Gasteiger partial charge in [0, 0.05) is 17.8 Å². The van der Waals surface area contributed by atoms with E-state index in [9.17, 15) is 4.39 Å². The quantitative estimate of drug-likeness (QED) is 0.770. The van der Waals surface area contributed by atoms with Crippen LogP contribution in [0.4, 0.5) is 10.1 Å². The summed E-state index contributed by atoms with van der Waals surface area (Å²) < 4.78 is 18.5. The van der Waals surface area contributed by atoms with E-state index in [1.807, 2.05) is 30.3 Å². The molecule has 0 bridgehead atoms. The molecule has 0 saturated heterocycles. The van der Waals surface area contributed by atoms with Crippen molar-refractivity contribution in [1.29, 1.82) is 0 Å². The summed E-state index contributed by atoms with van der Waals surface area (Å²) in [5, 5.41) is 3.33. The number of halogens is 1.